The highest BCUT2D eigenvalue weighted by Crippen LogP contribution is 2.32. The van der Waals surface area contributed by atoms with Crippen LogP contribution in [0.4, 0.5) is 10.6 Å². The molecule has 2 rings (SSSR count). The molecule has 37 heavy (non-hydrogen) atoms. The van der Waals surface area contributed by atoms with Crippen LogP contribution in [0, 0.1) is 11.3 Å². The van der Waals surface area contributed by atoms with Crippen molar-refractivity contribution in [1.29, 1.82) is 5.26 Å². The first-order valence-corrected chi connectivity index (χ1v) is 11.2. The number of rotatable bonds is 9. The van der Waals surface area contributed by atoms with Crippen LogP contribution < -0.4 is 10.5 Å². The Bertz CT molecular complexity index is 1280. The van der Waals surface area contributed by atoms with Crippen LogP contribution in [0.5, 0.6) is 5.75 Å². The van der Waals surface area contributed by atoms with Crippen LogP contribution in [-0.2, 0) is 27.9 Å². The molecule has 0 fully saturated rings. The van der Waals surface area contributed by atoms with Gasteiger partial charge in [0.05, 0.1) is 24.9 Å². The van der Waals surface area contributed by atoms with Crippen LogP contribution in [0.3, 0.4) is 0 Å². The molecule has 0 unspecified atom stereocenters. The summed E-state index contributed by atoms with van der Waals surface area (Å²) in [5.41, 5.74) is 7.70. The van der Waals surface area contributed by atoms with Gasteiger partial charge in [-0.2, -0.15) is 10.4 Å². The van der Waals surface area contributed by atoms with E-state index in [0.717, 1.165) is 0 Å². The van der Waals surface area contributed by atoms with E-state index in [2.05, 4.69) is 29.3 Å². The van der Waals surface area contributed by atoms with Crippen molar-refractivity contribution in [3.8, 4) is 22.9 Å². The van der Waals surface area contributed by atoms with Crippen LogP contribution in [0.2, 0.25) is 0 Å². The number of carbonyl (C=O) groups is 2. The van der Waals surface area contributed by atoms with Gasteiger partial charge in [-0.25, -0.2) is 14.6 Å². The second kappa shape index (κ2) is 11.9. The van der Waals surface area contributed by atoms with E-state index in [-0.39, 0.29) is 36.0 Å². The average molecular weight is 509 g/mol. The molecular formula is C26H32N6O5. The van der Waals surface area contributed by atoms with Crippen LogP contribution >= 0.6 is 0 Å². The highest BCUT2D eigenvalue weighted by Gasteiger charge is 2.25. The Morgan fingerprint density at radius 1 is 1.30 bits per heavy atom. The summed E-state index contributed by atoms with van der Waals surface area (Å²) in [6.45, 7) is 12.7. The third-order valence-electron chi connectivity index (χ3n) is 5.07. The number of nitrogens with zero attached hydrogens (tertiary/aromatic N) is 5. The molecule has 0 aliphatic rings. The number of anilines is 1. The van der Waals surface area contributed by atoms with E-state index in [1.54, 1.807) is 40.9 Å². The zero-order chi connectivity index (χ0) is 27.9. The second-order valence-electron chi connectivity index (χ2n) is 8.98. The minimum absolute atomic E-state index is 0.0678. The van der Waals surface area contributed by atoms with Crippen molar-refractivity contribution in [3.05, 3.63) is 60.1 Å². The van der Waals surface area contributed by atoms with Crippen LogP contribution in [0.1, 0.15) is 32.2 Å². The Morgan fingerprint density at radius 3 is 2.51 bits per heavy atom. The van der Waals surface area contributed by atoms with Gasteiger partial charge < -0.3 is 24.8 Å². The molecule has 0 atom stereocenters. The van der Waals surface area contributed by atoms with Gasteiger partial charge in [0.25, 0.3) is 0 Å². The number of aromatic nitrogens is 3. The van der Waals surface area contributed by atoms with Crippen molar-refractivity contribution in [1.82, 2.24) is 19.7 Å². The number of esters is 1. The number of pyridine rings is 1. The lowest BCUT2D eigenvalue weighted by atomic mass is 10.0. The lowest BCUT2D eigenvalue weighted by Crippen LogP contribution is -2.34. The Hall–Kier alpha value is -4.59. The summed E-state index contributed by atoms with van der Waals surface area (Å²) >= 11 is 0. The van der Waals surface area contributed by atoms with E-state index in [1.165, 1.54) is 35.0 Å². The normalized spacial score (nSPS) is 11.6. The molecule has 2 heterocycles. The van der Waals surface area contributed by atoms with Gasteiger partial charge in [0.2, 0.25) is 0 Å². The Kier molecular flexibility index (Phi) is 9.21. The molecule has 0 saturated heterocycles. The average Bonchev–Trinajstić information content (AvgIpc) is 3.15. The number of hydrogen-bond acceptors (Lipinski definition) is 9. The zero-order valence-electron chi connectivity index (χ0n) is 22.0. The summed E-state index contributed by atoms with van der Waals surface area (Å²) in [5.74, 6) is -0.273. The molecule has 196 valence electrons. The van der Waals surface area contributed by atoms with Gasteiger partial charge in [0, 0.05) is 37.0 Å². The Labute approximate surface area is 216 Å². The number of carbonyl (C=O) groups excluding carboxylic acids is 2. The van der Waals surface area contributed by atoms with Gasteiger partial charge in [0.1, 0.15) is 24.0 Å². The number of nitrogens with two attached hydrogens (primary N) is 1. The predicted molar refractivity (Wildman–Crippen MR) is 138 cm³/mol. The number of methoxy groups -OCH3 is 1. The Morgan fingerprint density at radius 2 is 1.97 bits per heavy atom. The monoisotopic (exact) mass is 508 g/mol. The number of aryl methyl sites for hydroxylation is 1. The fourth-order valence-electron chi connectivity index (χ4n) is 3.32. The predicted octanol–water partition coefficient (Wildman–Crippen LogP) is 3.52. The van der Waals surface area contributed by atoms with E-state index in [4.69, 9.17) is 19.9 Å². The standard InChI is InChI=1S/C26H32N6O5/c1-9-16(18(10-2)24(33)35-8)15-36-21-11-17(13-29-23(21)28)22-19(30-32(7)20(22)12-27)14-31(6)25(34)37-26(3,4)5/h9-11,13H,1-2,14-15H2,3-8H3,(H2,28,29). The van der Waals surface area contributed by atoms with Gasteiger partial charge in [-0.3, -0.25) is 4.68 Å². The topological polar surface area (TPSA) is 146 Å². The molecule has 1 amide bonds. The van der Waals surface area contributed by atoms with Gasteiger partial charge in [-0.05, 0) is 26.8 Å². The fourth-order valence-corrected chi connectivity index (χ4v) is 3.32. The van der Waals surface area contributed by atoms with Crippen molar-refractivity contribution in [3.63, 3.8) is 0 Å². The first-order chi connectivity index (χ1) is 17.4. The van der Waals surface area contributed by atoms with Crippen LogP contribution in [-0.4, -0.2) is 58.1 Å². The lowest BCUT2D eigenvalue weighted by Gasteiger charge is -2.24. The maximum atomic E-state index is 12.5. The van der Waals surface area contributed by atoms with Crippen molar-refractivity contribution >= 4 is 17.9 Å². The Balaban J connectivity index is 2.46. The first-order valence-electron chi connectivity index (χ1n) is 11.2. The molecule has 2 aromatic heterocycles. The molecule has 0 aliphatic heterocycles. The third-order valence-corrected chi connectivity index (χ3v) is 5.07. The number of amides is 1. The maximum absolute atomic E-state index is 12.5. The molecule has 0 saturated carbocycles. The largest absolute Gasteiger partial charge is 0.485 e. The third kappa shape index (κ3) is 6.98. The molecule has 0 spiro atoms. The fraction of sp³-hybridized carbons (Fsp3) is 0.346. The van der Waals surface area contributed by atoms with Gasteiger partial charge in [-0.15, -0.1) is 0 Å². The van der Waals surface area contributed by atoms with E-state index in [0.29, 0.717) is 22.4 Å². The molecule has 11 heteroatoms. The van der Waals surface area contributed by atoms with E-state index in [1.807, 2.05) is 0 Å². The highest BCUT2D eigenvalue weighted by atomic mass is 16.6. The minimum Gasteiger partial charge on any atom is -0.485 e. The molecule has 0 aliphatic carbocycles. The van der Waals surface area contributed by atoms with E-state index < -0.39 is 17.7 Å². The van der Waals surface area contributed by atoms with Crippen molar-refractivity contribution < 1.29 is 23.8 Å². The summed E-state index contributed by atoms with van der Waals surface area (Å²) < 4.78 is 17.5. The van der Waals surface area contributed by atoms with E-state index >= 15 is 0 Å². The molecule has 0 bridgehead atoms. The molecule has 11 nitrogen and oxygen atoms in total. The smallest absolute Gasteiger partial charge is 0.410 e. The van der Waals surface area contributed by atoms with E-state index in [9.17, 15) is 14.9 Å². The molecule has 0 radical (unpaired) electrons. The SMILES string of the molecule is C=CC(COc1cc(-c2c(CN(C)C(=O)OC(C)(C)C)nn(C)c2C#N)cnc1N)=C(C=C)C(=O)OC. The van der Waals surface area contributed by atoms with Crippen molar-refractivity contribution in [2.75, 3.05) is 26.5 Å². The second-order valence-corrected chi connectivity index (χ2v) is 8.98. The molecule has 2 N–H and O–H groups in total. The minimum atomic E-state index is -0.665. The number of nitrogen functional groups attached to an aromatic ring is 1. The van der Waals surface area contributed by atoms with Crippen molar-refractivity contribution in [2.24, 2.45) is 7.05 Å². The summed E-state index contributed by atoms with van der Waals surface area (Å²) in [5, 5.41) is 14.2. The van der Waals surface area contributed by atoms with Gasteiger partial charge >= 0.3 is 12.1 Å². The summed E-state index contributed by atoms with van der Waals surface area (Å²) in [7, 11) is 4.47. The molecule has 2 aromatic rings. The quantitative estimate of drug-likeness (QED) is 0.305. The lowest BCUT2D eigenvalue weighted by molar-refractivity contribution is -0.135. The molecular weight excluding hydrogens is 476 g/mol. The molecule has 0 aromatic carbocycles. The van der Waals surface area contributed by atoms with Crippen LogP contribution in [0.15, 0.2) is 48.7 Å². The number of ether oxygens (including phenoxy) is 3. The van der Waals surface area contributed by atoms with Gasteiger partial charge in [-0.1, -0.05) is 25.3 Å². The number of nitriles is 1. The maximum Gasteiger partial charge on any atom is 0.410 e. The number of hydrogen-bond donors (Lipinski definition) is 1. The van der Waals surface area contributed by atoms with Crippen molar-refractivity contribution in [2.45, 2.75) is 32.9 Å². The van der Waals surface area contributed by atoms with Crippen LogP contribution in [0.25, 0.3) is 11.1 Å². The highest BCUT2D eigenvalue weighted by molar-refractivity contribution is 5.92. The first kappa shape index (κ1) is 28.6. The van der Waals surface area contributed by atoms with Gasteiger partial charge in [0.15, 0.2) is 11.6 Å². The summed E-state index contributed by atoms with van der Waals surface area (Å²) in [6.07, 6.45) is 3.77. The summed E-state index contributed by atoms with van der Waals surface area (Å²) in [4.78, 5) is 30.1. The summed E-state index contributed by atoms with van der Waals surface area (Å²) in [6, 6.07) is 3.76. The zero-order valence-corrected chi connectivity index (χ0v) is 22.0.